The second-order valence-corrected chi connectivity index (χ2v) is 3.09. The predicted molar refractivity (Wildman–Crippen MR) is 48.8 cm³/mol. The summed E-state index contributed by atoms with van der Waals surface area (Å²) in [5, 5.41) is 8.73. The largest absolute Gasteiger partial charge is 0.478 e. The van der Waals surface area contributed by atoms with Gasteiger partial charge in [-0.05, 0) is 12.1 Å². The normalized spacial score (nSPS) is 9.69. The molecule has 0 spiro atoms. The minimum Gasteiger partial charge on any atom is -0.478 e. The highest BCUT2D eigenvalue weighted by molar-refractivity contribution is 6.37. The van der Waals surface area contributed by atoms with Crippen molar-refractivity contribution in [2.45, 2.75) is 0 Å². The van der Waals surface area contributed by atoms with Crippen LogP contribution in [0.4, 0.5) is 0 Å². The van der Waals surface area contributed by atoms with E-state index in [1.165, 1.54) is 12.1 Å². The van der Waals surface area contributed by atoms with Crippen LogP contribution in [-0.2, 0) is 0 Å². The van der Waals surface area contributed by atoms with Crippen molar-refractivity contribution < 1.29 is 14.7 Å². The first-order valence-corrected chi connectivity index (χ1v) is 3.99. The van der Waals surface area contributed by atoms with E-state index in [1.807, 2.05) is 0 Å². The van der Waals surface area contributed by atoms with Gasteiger partial charge in [0, 0.05) is 10.6 Å². The standard InChI is InChI=1S/C8H4Cl2O3/c9-5-1-4(3-11)7(10)6(2-5)8(12)13/h1-3H,(H,12,13). The van der Waals surface area contributed by atoms with Crippen LogP contribution in [-0.4, -0.2) is 17.4 Å². The molecule has 0 bridgehead atoms. The molecule has 0 amide bonds. The second-order valence-electron chi connectivity index (χ2n) is 2.28. The lowest BCUT2D eigenvalue weighted by Gasteiger charge is -2.01. The third-order valence-electron chi connectivity index (χ3n) is 1.42. The maximum atomic E-state index is 10.6. The van der Waals surface area contributed by atoms with E-state index in [9.17, 15) is 9.59 Å². The molecular weight excluding hydrogens is 215 g/mol. The summed E-state index contributed by atoms with van der Waals surface area (Å²) < 4.78 is 0. The van der Waals surface area contributed by atoms with Crippen molar-refractivity contribution in [3.8, 4) is 0 Å². The van der Waals surface area contributed by atoms with Crippen LogP contribution >= 0.6 is 23.2 Å². The average molecular weight is 219 g/mol. The van der Waals surface area contributed by atoms with Crippen LogP contribution in [0, 0.1) is 0 Å². The molecule has 1 N–H and O–H groups in total. The fraction of sp³-hybridized carbons (Fsp3) is 0. The van der Waals surface area contributed by atoms with Crippen LogP contribution in [0.3, 0.4) is 0 Å². The minimum absolute atomic E-state index is 0.0755. The first-order valence-electron chi connectivity index (χ1n) is 3.23. The molecule has 0 saturated carbocycles. The van der Waals surface area contributed by atoms with Gasteiger partial charge in [0.15, 0.2) is 6.29 Å². The van der Waals surface area contributed by atoms with Gasteiger partial charge in [0.25, 0.3) is 0 Å². The van der Waals surface area contributed by atoms with E-state index in [4.69, 9.17) is 28.3 Å². The van der Waals surface area contributed by atoms with Gasteiger partial charge in [-0.2, -0.15) is 0 Å². The maximum absolute atomic E-state index is 10.6. The number of rotatable bonds is 2. The number of carboxylic acid groups (broad SMARTS) is 1. The van der Waals surface area contributed by atoms with Crippen LogP contribution < -0.4 is 0 Å². The molecule has 3 nitrogen and oxygen atoms in total. The van der Waals surface area contributed by atoms with E-state index in [1.54, 1.807) is 0 Å². The molecule has 0 fully saturated rings. The molecule has 0 atom stereocenters. The maximum Gasteiger partial charge on any atom is 0.337 e. The van der Waals surface area contributed by atoms with E-state index in [0.29, 0.717) is 6.29 Å². The molecule has 0 saturated heterocycles. The van der Waals surface area contributed by atoms with Crippen LogP contribution in [0.1, 0.15) is 20.7 Å². The van der Waals surface area contributed by atoms with E-state index >= 15 is 0 Å². The topological polar surface area (TPSA) is 54.4 Å². The molecule has 0 aliphatic heterocycles. The monoisotopic (exact) mass is 218 g/mol. The zero-order chi connectivity index (χ0) is 10.0. The van der Waals surface area contributed by atoms with Gasteiger partial charge >= 0.3 is 5.97 Å². The quantitative estimate of drug-likeness (QED) is 0.777. The van der Waals surface area contributed by atoms with Gasteiger partial charge in [-0.1, -0.05) is 23.2 Å². The van der Waals surface area contributed by atoms with E-state index in [0.717, 1.165) is 0 Å². The Bertz CT molecular complexity index is 374. The van der Waals surface area contributed by atoms with Crippen LogP contribution in [0.5, 0.6) is 0 Å². The highest BCUT2D eigenvalue weighted by Gasteiger charge is 2.13. The molecule has 0 aliphatic carbocycles. The summed E-state index contributed by atoms with van der Waals surface area (Å²) in [4.78, 5) is 21.0. The van der Waals surface area contributed by atoms with Crippen molar-refractivity contribution in [3.05, 3.63) is 33.3 Å². The van der Waals surface area contributed by atoms with E-state index in [-0.39, 0.29) is 21.2 Å². The lowest BCUT2D eigenvalue weighted by Crippen LogP contribution is -1.99. The molecular formula is C8H4Cl2O3. The fourth-order valence-electron chi connectivity index (χ4n) is 0.852. The Hall–Kier alpha value is -1.06. The molecule has 0 aliphatic rings. The Morgan fingerprint density at radius 2 is 2.00 bits per heavy atom. The van der Waals surface area contributed by atoms with Gasteiger partial charge in [0.2, 0.25) is 0 Å². The zero-order valence-electron chi connectivity index (χ0n) is 6.25. The van der Waals surface area contributed by atoms with Gasteiger partial charge in [0.05, 0.1) is 10.6 Å². The van der Waals surface area contributed by atoms with Gasteiger partial charge in [-0.25, -0.2) is 4.79 Å². The van der Waals surface area contributed by atoms with Crippen molar-refractivity contribution in [2.24, 2.45) is 0 Å². The molecule has 0 heterocycles. The molecule has 68 valence electrons. The Morgan fingerprint density at radius 1 is 1.38 bits per heavy atom. The highest BCUT2D eigenvalue weighted by Crippen LogP contribution is 2.24. The smallest absolute Gasteiger partial charge is 0.337 e. The number of carbonyl (C=O) groups excluding carboxylic acids is 1. The molecule has 5 heteroatoms. The van der Waals surface area contributed by atoms with Gasteiger partial charge in [-0.3, -0.25) is 4.79 Å². The summed E-state index contributed by atoms with van der Waals surface area (Å²) >= 11 is 11.2. The Balaban J connectivity index is 3.44. The third-order valence-corrected chi connectivity index (χ3v) is 2.06. The number of halogens is 2. The summed E-state index contributed by atoms with van der Waals surface area (Å²) in [7, 11) is 0. The van der Waals surface area contributed by atoms with Crippen molar-refractivity contribution in [1.29, 1.82) is 0 Å². The highest BCUT2D eigenvalue weighted by atomic mass is 35.5. The predicted octanol–water partition coefficient (Wildman–Crippen LogP) is 2.50. The van der Waals surface area contributed by atoms with E-state index < -0.39 is 5.97 Å². The average Bonchev–Trinajstić information content (AvgIpc) is 2.08. The SMILES string of the molecule is O=Cc1cc(Cl)cc(C(=O)O)c1Cl. The van der Waals surface area contributed by atoms with Crippen molar-refractivity contribution in [2.75, 3.05) is 0 Å². The molecule has 0 unspecified atom stereocenters. The number of benzene rings is 1. The zero-order valence-corrected chi connectivity index (χ0v) is 7.76. The summed E-state index contributed by atoms with van der Waals surface area (Å²) in [6.07, 6.45) is 0.459. The summed E-state index contributed by atoms with van der Waals surface area (Å²) in [6, 6.07) is 2.50. The number of carboxylic acids is 1. The van der Waals surface area contributed by atoms with Crippen LogP contribution in [0.25, 0.3) is 0 Å². The van der Waals surface area contributed by atoms with Crippen molar-refractivity contribution >= 4 is 35.5 Å². The molecule has 13 heavy (non-hydrogen) atoms. The number of carbonyl (C=O) groups is 2. The lowest BCUT2D eigenvalue weighted by atomic mass is 10.1. The number of aromatic carboxylic acids is 1. The second kappa shape index (κ2) is 3.77. The number of hydrogen-bond donors (Lipinski definition) is 1. The van der Waals surface area contributed by atoms with Gasteiger partial charge < -0.3 is 5.11 Å². The van der Waals surface area contributed by atoms with Gasteiger partial charge in [0.1, 0.15) is 0 Å². The molecule has 0 aromatic heterocycles. The van der Waals surface area contributed by atoms with Crippen LogP contribution in [0.15, 0.2) is 12.1 Å². The summed E-state index contributed by atoms with van der Waals surface area (Å²) in [5.41, 5.74) is -0.0946. The third kappa shape index (κ3) is 1.99. The molecule has 1 rings (SSSR count). The summed E-state index contributed by atoms with van der Waals surface area (Å²) in [6.45, 7) is 0. The fourth-order valence-corrected chi connectivity index (χ4v) is 1.31. The summed E-state index contributed by atoms with van der Waals surface area (Å²) in [5.74, 6) is -1.21. The van der Waals surface area contributed by atoms with Crippen LogP contribution in [0.2, 0.25) is 10.0 Å². The first kappa shape index (κ1) is 10.0. The Morgan fingerprint density at radius 3 is 2.46 bits per heavy atom. The Labute approximate surface area is 83.9 Å². The molecule has 1 aromatic carbocycles. The number of aldehydes is 1. The number of hydrogen-bond acceptors (Lipinski definition) is 2. The first-order chi connectivity index (χ1) is 6.06. The Kier molecular flexibility index (Phi) is 2.90. The van der Waals surface area contributed by atoms with E-state index in [2.05, 4.69) is 0 Å². The molecule has 0 radical (unpaired) electrons. The molecule has 1 aromatic rings. The van der Waals surface area contributed by atoms with Crippen molar-refractivity contribution in [3.63, 3.8) is 0 Å². The van der Waals surface area contributed by atoms with Gasteiger partial charge in [-0.15, -0.1) is 0 Å². The minimum atomic E-state index is -1.21. The van der Waals surface area contributed by atoms with Crippen molar-refractivity contribution in [1.82, 2.24) is 0 Å². The lowest BCUT2D eigenvalue weighted by molar-refractivity contribution is 0.0697.